The van der Waals surface area contributed by atoms with Crippen LogP contribution in [0.5, 0.6) is 11.5 Å². The Balaban J connectivity index is 1.52. The highest BCUT2D eigenvalue weighted by atomic mass is 16.8. The van der Waals surface area contributed by atoms with Crippen LogP contribution in [0.2, 0.25) is 0 Å². The molecule has 0 unspecified atom stereocenters. The van der Waals surface area contributed by atoms with Crippen molar-refractivity contribution in [1.82, 2.24) is 0 Å². The van der Waals surface area contributed by atoms with Gasteiger partial charge in [0.2, 0.25) is 18.4 Å². The number of fused-ring (bicyclic) bond motifs is 6. The molecule has 28 heavy (non-hydrogen) atoms. The monoisotopic (exact) mass is 392 g/mol. The van der Waals surface area contributed by atoms with E-state index in [9.17, 15) is 4.79 Å². The molecule has 152 valence electrons. The molecule has 0 spiro atoms. The largest absolute Gasteiger partial charge is 0.454 e. The van der Waals surface area contributed by atoms with Gasteiger partial charge in [-0.05, 0) is 37.1 Å². The minimum absolute atomic E-state index is 0.0400. The van der Waals surface area contributed by atoms with Gasteiger partial charge in [-0.15, -0.1) is 0 Å². The van der Waals surface area contributed by atoms with Gasteiger partial charge in [0.1, 0.15) is 12.2 Å². The zero-order chi connectivity index (χ0) is 19.7. The standard InChI is InChI=1S/C20H24O8/c1-19(22-3)20(2,23-4)28-18-16-12(6-13(21)17(18)27-19)11-7-15-14(25-9-26-15)5-10(11)8-24-16/h5,7,12,16-18H,6,8-9H2,1-4H3/t12-,16+,17-,18-,19+,20+/m0/s1. The molecule has 0 aromatic heterocycles. The first-order valence-electron chi connectivity index (χ1n) is 9.42. The van der Waals surface area contributed by atoms with Crippen molar-refractivity contribution in [2.45, 2.75) is 62.7 Å². The van der Waals surface area contributed by atoms with Gasteiger partial charge in [0, 0.05) is 26.6 Å². The van der Waals surface area contributed by atoms with E-state index >= 15 is 0 Å². The molecule has 8 heteroatoms. The summed E-state index contributed by atoms with van der Waals surface area (Å²) in [6, 6.07) is 3.90. The Kier molecular flexibility index (Phi) is 4.02. The highest BCUT2D eigenvalue weighted by Crippen LogP contribution is 2.50. The Morgan fingerprint density at radius 3 is 2.39 bits per heavy atom. The van der Waals surface area contributed by atoms with Gasteiger partial charge in [0.05, 0.1) is 12.7 Å². The maximum absolute atomic E-state index is 13.0. The molecule has 0 N–H and O–H groups in total. The minimum Gasteiger partial charge on any atom is -0.454 e. The molecular weight excluding hydrogens is 368 g/mol. The van der Waals surface area contributed by atoms with Crippen LogP contribution in [0.15, 0.2) is 12.1 Å². The van der Waals surface area contributed by atoms with Gasteiger partial charge in [0.25, 0.3) is 0 Å². The topological polar surface area (TPSA) is 81.7 Å². The zero-order valence-electron chi connectivity index (χ0n) is 16.4. The van der Waals surface area contributed by atoms with Crippen molar-refractivity contribution in [3.8, 4) is 11.5 Å². The third-order valence-electron chi connectivity index (χ3n) is 6.54. The molecule has 6 atom stereocenters. The predicted octanol–water partition coefficient (Wildman–Crippen LogP) is 1.88. The van der Waals surface area contributed by atoms with E-state index in [0.717, 1.165) is 11.1 Å². The molecule has 0 bridgehead atoms. The molecule has 0 radical (unpaired) electrons. The first kappa shape index (κ1) is 18.3. The number of hydrogen-bond donors (Lipinski definition) is 0. The summed E-state index contributed by atoms with van der Waals surface area (Å²) in [4.78, 5) is 13.0. The number of carbonyl (C=O) groups is 1. The van der Waals surface area contributed by atoms with Crippen LogP contribution < -0.4 is 9.47 Å². The van der Waals surface area contributed by atoms with Gasteiger partial charge in [0.15, 0.2) is 17.3 Å². The Bertz CT molecular complexity index is 825. The van der Waals surface area contributed by atoms with Crippen molar-refractivity contribution in [3.63, 3.8) is 0 Å². The van der Waals surface area contributed by atoms with Gasteiger partial charge in [-0.25, -0.2) is 0 Å². The fourth-order valence-corrected chi connectivity index (χ4v) is 4.63. The second-order valence-corrected chi connectivity index (χ2v) is 7.88. The summed E-state index contributed by atoms with van der Waals surface area (Å²) in [5.74, 6) is -1.19. The summed E-state index contributed by atoms with van der Waals surface area (Å²) < 4.78 is 40.7. The third kappa shape index (κ3) is 2.39. The van der Waals surface area contributed by atoms with Gasteiger partial charge in [-0.1, -0.05) is 0 Å². The van der Waals surface area contributed by atoms with Gasteiger partial charge >= 0.3 is 0 Å². The number of methoxy groups -OCH3 is 2. The number of carbonyl (C=O) groups excluding carboxylic acids is 1. The van der Waals surface area contributed by atoms with Crippen LogP contribution in [0, 0.1) is 0 Å². The summed E-state index contributed by atoms with van der Waals surface area (Å²) >= 11 is 0. The van der Waals surface area contributed by atoms with Crippen LogP contribution in [0.4, 0.5) is 0 Å². The molecule has 4 aliphatic rings. The first-order valence-corrected chi connectivity index (χ1v) is 9.42. The summed E-state index contributed by atoms with van der Waals surface area (Å²) in [5.41, 5.74) is 2.04. The summed E-state index contributed by atoms with van der Waals surface area (Å²) in [6.45, 7) is 4.06. The van der Waals surface area contributed by atoms with Crippen molar-refractivity contribution in [2.24, 2.45) is 0 Å². The molecule has 1 saturated carbocycles. The van der Waals surface area contributed by atoms with Crippen molar-refractivity contribution >= 4 is 5.78 Å². The lowest BCUT2D eigenvalue weighted by molar-refractivity contribution is -0.451. The van der Waals surface area contributed by atoms with E-state index in [1.54, 1.807) is 13.8 Å². The van der Waals surface area contributed by atoms with Crippen molar-refractivity contribution in [3.05, 3.63) is 23.3 Å². The van der Waals surface area contributed by atoms with E-state index in [2.05, 4.69) is 0 Å². The van der Waals surface area contributed by atoms with E-state index in [0.29, 0.717) is 24.5 Å². The normalized spacial score (nSPS) is 41.2. The summed E-state index contributed by atoms with van der Waals surface area (Å²) in [6.07, 6.45) is -1.42. The van der Waals surface area contributed by atoms with Crippen LogP contribution in [0.1, 0.15) is 37.3 Å². The molecule has 3 heterocycles. The fraction of sp³-hybridized carbons (Fsp3) is 0.650. The van der Waals surface area contributed by atoms with Crippen molar-refractivity contribution in [2.75, 3.05) is 21.0 Å². The molecular formula is C20H24O8. The third-order valence-corrected chi connectivity index (χ3v) is 6.54. The van der Waals surface area contributed by atoms with Gasteiger partial charge in [-0.3, -0.25) is 4.79 Å². The number of ether oxygens (including phenoxy) is 7. The van der Waals surface area contributed by atoms with Crippen LogP contribution in [-0.4, -0.2) is 56.7 Å². The highest BCUT2D eigenvalue weighted by Gasteiger charge is 2.62. The molecule has 0 amide bonds. The summed E-state index contributed by atoms with van der Waals surface area (Å²) in [5, 5.41) is 0. The van der Waals surface area contributed by atoms with E-state index in [4.69, 9.17) is 33.2 Å². The average Bonchev–Trinajstić information content (AvgIpc) is 3.15. The minimum atomic E-state index is -1.22. The maximum atomic E-state index is 13.0. The lowest BCUT2D eigenvalue weighted by Crippen LogP contribution is -2.70. The predicted molar refractivity (Wildman–Crippen MR) is 94.1 cm³/mol. The molecule has 8 nitrogen and oxygen atoms in total. The first-order chi connectivity index (χ1) is 13.4. The fourth-order valence-electron chi connectivity index (χ4n) is 4.63. The average molecular weight is 392 g/mol. The number of benzene rings is 1. The molecule has 5 rings (SSSR count). The van der Waals surface area contributed by atoms with E-state index in [-0.39, 0.29) is 24.6 Å². The number of rotatable bonds is 2. The number of hydrogen-bond acceptors (Lipinski definition) is 8. The van der Waals surface area contributed by atoms with Crippen LogP contribution in [0.3, 0.4) is 0 Å². The molecule has 2 fully saturated rings. The highest BCUT2D eigenvalue weighted by molar-refractivity contribution is 5.86. The smallest absolute Gasteiger partial charge is 0.231 e. The summed E-state index contributed by atoms with van der Waals surface area (Å²) in [7, 11) is 3.04. The van der Waals surface area contributed by atoms with Gasteiger partial charge < -0.3 is 33.2 Å². The van der Waals surface area contributed by atoms with Crippen LogP contribution >= 0.6 is 0 Å². The van der Waals surface area contributed by atoms with Crippen molar-refractivity contribution in [1.29, 1.82) is 0 Å². The molecule has 1 aromatic rings. The molecule has 1 saturated heterocycles. The Morgan fingerprint density at radius 1 is 1.00 bits per heavy atom. The van der Waals surface area contributed by atoms with E-state index < -0.39 is 23.8 Å². The SMILES string of the molecule is CO[C@]1(C)O[C@H]2[C@@H]3OCc4cc5c(cc4[C@@H]3CC(=O)[C@@H]2O[C@@]1(C)OC)OCO5. The lowest BCUT2D eigenvalue weighted by atomic mass is 9.74. The lowest BCUT2D eigenvalue weighted by Gasteiger charge is -2.56. The molecule has 3 aliphatic heterocycles. The van der Waals surface area contributed by atoms with Gasteiger partial charge in [-0.2, -0.15) is 0 Å². The Morgan fingerprint density at radius 2 is 1.68 bits per heavy atom. The quantitative estimate of drug-likeness (QED) is 0.755. The van der Waals surface area contributed by atoms with Crippen LogP contribution in [0.25, 0.3) is 0 Å². The molecule has 1 aromatic carbocycles. The van der Waals surface area contributed by atoms with Crippen molar-refractivity contribution < 1.29 is 38.0 Å². The maximum Gasteiger partial charge on any atom is 0.231 e. The van der Waals surface area contributed by atoms with E-state index in [1.165, 1.54) is 14.2 Å². The number of ketones is 1. The Hall–Kier alpha value is -1.71. The Labute approximate surface area is 162 Å². The molecule has 1 aliphatic carbocycles. The second-order valence-electron chi connectivity index (χ2n) is 7.88. The van der Waals surface area contributed by atoms with E-state index in [1.807, 2.05) is 12.1 Å². The van der Waals surface area contributed by atoms with Crippen LogP contribution in [-0.2, 0) is 35.1 Å². The zero-order valence-corrected chi connectivity index (χ0v) is 16.4. The number of Topliss-reactive ketones (excluding diaryl/α,β-unsaturated/α-hetero) is 1. The second kappa shape index (κ2) is 6.14.